The summed E-state index contributed by atoms with van der Waals surface area (Å²) in [7, 11) is 0. The van der Waals surface area contributed by atoms with Gasteiger partial charge in [-0.05, 0) is 18.2 Å². The number of morpholine rings is 1. The first kappa shape index (κ1) is 19.2. The predicted octanol–water partition coefficient (Wildman–Crippen LogP) is 4.44. The van der Waals surface area contributed by atoms with Crippen LogP contribution in [-0.2, 0) is 10.5 Å². The van der Waals surface area contributed by atoms with Crippen LogP contribution < -0.4 is 0 Å². The molecule has 0 N–H and O–H groups in total. The van der Waals surface area contributed by atoms with E-state index in [-0.39, 0.29) is 5.91 Å². The quantitative estimate of drug-likeness (QED) is 0.680. The van der Waals surface area contributed by atoms with E-state index < -0.39 is 0 Å². The smallest absolute Gasteiger partial charge is 0.274 e. The number of hydrogen-bond acceptors (Lipinski definition) is 4. The minimum absolute atomic E-state index is 0.0423. The average Bonchev–Trinajstić information content (AvgIpc) is 3.12. The van der Waals surface area contributed by atoms with Crippen LogP contribution in [0.4, 0.5) is 0 Å². The first-order valence-corrected chi connectivity index (χ1v) is 10.8. The van der Waals surface area contributed by atoms with Crippen molar-refractivity contribution in [1.29, 1.82) is 0 Å². The molecule has 3 heterocycles. The summed E-state index contributed by atoms with van der Waals surface area (Å²) in [5.74, 6) is 0.632. The van der Waals surface area contributed by atoms with Gasteiger partial charge in [-0.1, -0.05) is 47.3 Å². The van der Waals surface area contributed by atoms with Gasteiger partial charge in [-0.2, -0.15) is 5.10 Å². The molecule has 2 aromatic rings. The highest BCUT2D eigenvalue weighted by Crippen LogP contribution is 2.41. The second-order valence-electron chi connectivity index (χ2n) is 6.45. The van der Waals surface area contributed by atoms with Gasteiger partial charge in [0.1, 0.15) is 0 Å². The Kier molecular flexibility index (Phi) is 5.57. The van der Waals surface area contributed by atoms with Gasteiger partial charge in [-0.3, -0.25) is 4.79 Å². The van der Waals surface area contributed by atoms with E-state index in [2.05, 4.69) is 29.1 Å². The third kappa shape index (κ3) is 3.38. The van der Waals surface area contributed by atoms with E-state index in [0.29, 0.717) is 37.8 Å². The largest absolute Gasteiger partial charge is 0.378 e. The van der Waals surface area contributed by atoms with Gasteiger partial charge in [0.05, 0.1) is 24.6 Å². The summed E-state index contributed by atoms with van der Waals surface area (Å²) in [6.07, 6.45) is 3.66. The molecule has 1 fully saturated rings. The second-order valence-corrected chi connectivity index (χ2v) is 8.38. The molecule has 4 rings (SSSR count). The molecule has 0 bridgehead atoms. The van der Waals surface area contributed by atoms with Crippen LogP contribution in [0.1, 0.15) is 21.7 Å². The van der Waals surface area contributed by atoms with Crippen molar-refractivity contribution in [3.8, 4) is 5.69 Å². The summed E-state index contributed by atoms with van der Waals surface area (Å²) >= 11 is 5.19. The van der Waals surface area contributed by atoms with Crippen LogP contribution in [0.15, 0.2) is 59.0 Å². The van der Waals surface area contributed by atoms with Crippen LogP contribution in [0.3, 0.4) is 0 Å². The molecule has 1 saturated heterocycles. The molecule has 1 amide bonds. The molecule has 0 spiro atoms. The lowest BCUT2D eigenvalue weighted by molar-refractivity contribution is 0.0298. The van der Waals surface area contributed by atoms with Crippen molar-refractivity contribution in [3.63, 3.8) is 0 Å². The third-order valence-electron chi connectivity index (χ3n) is 4.82. The van der Waals surface area contributed by atoms with Crippen LogP contribution in [0.2, 0.25) is 0 Å². The van der Waals surface area contributed by atoms with Gasteiger partial charge in [0.2, 0.25) is 0 Å². The van der Waals surface area contributed by atoms with Crippen molar-refractivity contribution in [1.82, 2.24) is 14.7 Å². The molecule has 1 aromatic carbocycles. The number of halogens is 1. The van der Waals surface area contributed by atoms with Crippen LogP contribution in [0.25, 0.3) is 11.3 Å². The van der Waals surface area contributed by atoms with Gasteiger partial charge in [-0.15, -0.1) is 11.8 Å². The van der Waals surface area contributed by atoms with Gasteiger partial charge in [0, 0.05) is 39.4 Å². The summed E-state index contributed by atoms with van der Waals surface area (Å²) in [6, 6.07) is 7.90. The number of allylic oxidation sites excluding steroid dienone is 3. The van der Waals surface area contributed by atoms with Crippen molar-refractivity contribution in [2.24, 2.45) is 0 Å². The summed E-state index contributed by atoms with van der Waals surface area (Å²) in [4.78, 5) is 16.1. The molecule has 0 aliphatic carbocycles. The maximum atomic E-state index is 13.2. The molecule has 0 unspecified atom stereocenters. The molecule has 7 heteroatoms. The average molecular weight is 458 g/mol. The Labute approximate surface area is 176 Å². The monoisotopic (exact) mass is 457 g/mol. The van der Waals surface area contributed by atoms with Gasteiger partial charge >= 0.3 is 0 Å². The van der Waals surface area contributed by atoms with Crippen molar-refractivity contribution in [2.75, 3.05) is 26.3 Å². The Morgan fingerprint density at radius 1 is 1.25 bits per heavy atom. The van der Waals surface area contributed by atoms with E-state index in [4.69, 9.17) is 9.84 Å². The molecular weight excluding hydrogens is 438 g/mol. The van der Waals surface area contributed by atoms with Crippen molar-refractivity contribution in [3.05, 3.63) is 75.9 Å². The molecule has 0 saturated carbocycles. The number of rotatable bonds is 4. The Hall–Kier alpha value is -2.09. The van der Waals surface area contributed by atoms with Gasteiger partial charge in [-0.25, -0.2) is 4.68 Å². The van der Waals surface area contributed by atoms with Gasteiger partial charge in [0.15, 0.2) is 5.69 Å². The van der Waals surface area contributed by atoms with E-state index in [1.807, 2.05) is 46.0 Å². The van der Waals surface area contributed by atoms with Crippen molar-refractivity contribution >= 4 is 39.2 Å². The van der Waals surface area contributed by atoms with Crippen LogP contribution in [0.5, 0.6) is 0 Å². The molecule has 28 heavy (non-hydrogen) atoms. The molecule has 2 aliphatic heterocycles. The zero-order valence-corrected chi connectivity index (χ0v) is 17.8. The minimum Gasteiger partial charge on any atom is -0.378 e. The van der Waals surface area contributed by atoms with Crippen molar-refractivity contribution in [2.45, 2.75) is 5.75 Å². The van der Waals surface area contributed by atoms with Gasteiger partial charge in [0.25, 0.3) is 5.91 Å². The second kappa shape index (κ2) is 8.11. The van der Waals surface area contributed by atoms with Crippen molar-refractivity contribution < 1.29 is 9.53 Å². The maximum Gasteiger partial charge on any atom is 0.274 e. The maximum absolute atomic E-state index is 13.2. The fourth-order valence-electron chi connectivity index (χ4n) is 3.46. The lowest BCUT2D eigenvalue weighted by atomic mass is 10.0. The molecule has 0 atom stereocenters. The fraction of sp³-hybridized carbons (Fsp3) is 0.238. The number of amides is 1. The highest BCUT2D eigenvalue weighted by Gasteiger charge is 2.31. The topological polar surface area (TPSA) is 47.4 Å². The summed E-state index contributed by atoms with van der Waals surface area (Å²) in [5.41, 5.74) is 4.21. The number of fused-ring (bicyclic) bond motifs is 1. The van der Waals surface area contributed by atoms with E-state index in [1.54, 1.807) is 11.8 Å². The standard InChI is InChI=1S/C21H20BrN3O2S/c1-3-16-18(4-2)28-13-17-19(21(26)24-8-10-27-11-9-24)23-25(20(16)17)15-7-5-6-14(22)12-15/h3-7,12H,1-2,8-11,13H2. The Morgan fingerprint density at radius 3 is 2.71 bits per heavy atom. The van der Waals surface area contributed by atoms with E-state index >= 15 is 0 Å². The van der Waals surface area contributed by atoms with E-state index in [0.717, 1.165) is 31.9 Å². The summed E-state index contributed by atoms with van der Waals surface area (Å²) in [6.45, 7) is 10.2. The highest BCUT2D eigenvalue weighted by molar-refractivity contribution is 9.10. The van der Waals surface area contributed by atoms with Crippen LogP contribution >= 0.6 is 27.7 Å². The fourth-order valence-corrected chi connectivity index (χ4v) is 4.87. The normalized spacial score (nSPS) is 16.7. The van der Waals surface area contributed by atoms with E-state index in [1.165, 1.54) is 0 Å². The first-order chi connectivity index (χ1) is 13.6. The molecule has 2 aliphatic rings. The number of carbonyl (C=O) groups excluding carboxylic acids is 1. The number of ether oxygens (including phenoxy) is 1. The number of nitrogens with zero attached hydrogens (tertiary/aromatic N) is 3. The lowest BCUT2D eigenvalue weighted by Crippen LogP contribution is -2.41. The zero-order valence-electron chi connectivity index (χ0n) is 15.4. The Bertz CT molecular complexity index is 990. The number of carbonyl (C=O) groups is 1. The number of benzene rings is 1. The Morgan fingerprint density at radius 2 is 2.04 bits per heavy atom. The third-order valence-corrected chi connectivity index (χ3v) is 6.44. The number of aromatic nitrogens is 2. The van der Waals surface area contributed by atoms with Crippen LogP contribution in [0, 0.1) is 0 Å². The summed E-state index contributed by atoms with van der Waals surface area (Å²) in [5, 5.41) is 4.78. The summed E-state index contributed by atoms with van der Waals surface area (Å²) < 4.78 is 8.20. The SMILES string of the molecule is C=CC1=C(C=C)c2c(c(C(=O)N3CCOCC3)nn2-c2cccc(Br)c2)CS1. The zero-order chi connectivity index (χ0) is 19.7. The van der Waals surface area contributed by atoms with Gasteiger partial charge < -0.3 is 9.64 Å². The molecule has 144 valence electrons. The highest BCUT2D eigenvalue weighted by atomic mass is 79.9. The molecular formula is C21H20BrN3O2S. The molecule has 1 aromatic heterocycles. The lowest BCUT2D eigenvalue weighted by Gasteiger charge is -2.26. The number of hydrogen-bond donors (Lipinski definition) is 0. The number of thioether (sulfide) groups is 1. The predicted molar refractivity (Wildman–Crippen MR) is 117 cm³/mol. The first-order valence-electron chi connectivity index (χ1n) is 9.01. The minimum atomic E-state index is -0.0423. The van der Waals surface area contributed by atoms with E-state index in [9.17, 15) is 4.79 Å². The van der Waals surface area contributed by atoms with Crippen LogP contribution in [-0.4, -0.2) is 46.9 Å². The molecule has 0 radical (unpaired) electrons. The molecule has 5 nitrogen and oxygen atoms in total. The Balaban J connectivity index is 1.90.